The summed E-state index contributed by atoms with van der Waals surface area (Å²) < 4.78 is 26.5. The first kappa shape index (κ1) is 18.6. The van der Waals surface area contributed by atoms with Gasteiger partial charge >= 0.3 is 0 Å². The molecule has 0 saturated heterocycles. The third kappa shape index (κ3) is 3.42. The second kappa shape index (κ2) is 7.79. The Hall–Kier alpha value is -4.40. The molecule has 152 valence electrons. The number of halogens is 1. The Morgan fingerprint density at radius 2 is 1.77 bits per heavy atom. The summed E-state index contributed by atoms with van der Waals surface area (Å²) in [7, 11) is 1.60. The van der Waals surface area contributed by atoms with Crippen molar-refractivity contribution in [2.75, 3.05) is 7.11 Å². The first-order chi connectivity index (χ1) is 15.2. The van der Waals surface area contributed by atoms with Crippen molar-refractivity contribution in [1.82, 2.24) is 30.1 Å². The number of aromatic nitrogens is 6. The largest absolute Gasteiger partial charge is 0.497 e. The number of methoxy groups -OCH3 is 1. The van der Waals surface area contributed by atoms with E-state index in [1.807, 2.05) is 18.2 Å². The molecule has 8 nitrogen and oxygen atoms in total. The minimum atomic E-state index is -0.444. The molecule has 0 radical (unpaired) electrons. The van der Waals surface area contributed by atoms with Crippen molar-refractivity contribution in [2.24, 2.45) is 0 Å². The number of pyridine rings is 1. The standard InChI is InChI=1S/C22H15FN6O2/c1-30-15-11-9-14(10-12-15)21-25-22(31-27-21)19-20(17-7-4-5-13-24-17)29(28-26-19)18-8-3-2-6-16(18)23/h2-13H,1H3. The Morgan fingerprint density at radius 3 is 2.52 bits per heavy atom. The third-order valence-corrected chi connectivity index (χ3v) is 4.64. The van der Waals surface area contributed by atoms with Crippen LogP contribution in [0.1, 0.15) is 0 Å². The van der Waals surface area contributed by atoms with Gasteiger partial charge in [-0.3, -0.25) is 4.98 Å². The Balaban J connectivity index is 1.63. The van der Waals surface area contributed by atoms with Crippen LogP contribution in [0.3, 0.4) is 0 Å². The zero-order valence-electron chi connectivity index (χ0n) is 16.3. The average molecular weight is 414 g/mol. The predicted molar refractivity (Wildman–Crippen MR) is 110 cm³/mol. The Kier molecular flexibility index (Phi) is 4.68. The predicted octanol–water partition coefficient (Wildman–Crippen LogP) is 4.19. The molecular weight excluding hydrogens is 399 g/mol. The molecular formula is C22H15FN6O2. The fourth-order valence-electron chi connectivity index (χ4n) is 3.13. The van der Waals surface area contributed by atoms with Gasteiger partial charge in [0.25, 0.3) is 5.89 Å². The zero-order chi connectivity index (χ0) is 21.2. The van der Waals surface area contributed by atoms with Gasteiger partial charge in [-0.15, -0.1) is 5.10 Å². The van der Waals surface area contributed by atoms with E-state index in [0.717, 1.165) is 11.3 Å². The van der Waals surface area contributed by atoms with Gasteiger partial charge in [-0.25, -0.2) is 9.07 Å². The third-order valence-electron chi connectivity index (χ3n) is 4.64. The second-order valence-electron chi connectivity index (χ2n) is 6.52. The van der Waals surface area contributed by atoms with Crippen LogP contribution < -0.4 is 4.74 Å². The summed E-state index contributed by atoms with van der Waals surface area (Å²) in [5, 5.41) is 12.4. The highest BCUT2D eigenvalue weighted by Crippen LogP contribution is 2.32. The smallest absolute Gasteiger partial charge is 0.281 e. The van der Waals surface area contributed by atoms with Crippen LogP contribution in [0.2, 0.25) is 0 Å². The summed E-state index contributed by atoms with van der Waals surface area (Å²) in [6.07, 6.45) is 1.63. The van der Waals surface area contributed by atoms with Crippen molar-refractivity contribution in [1.29, 1.82) is 0 Å². The average Bonchev–Trinajstić information content (AvgIpc) is 3.47. The lowest BCUT2D eigenvalue weighted by Crippen LogP contribution is -2.03. The molecule has 0 bridgehead atoms. The van der Waals surface area contributed by atoms with Gasteiger partial charge in [0, 0.05) is 11.8 Å². The SMILES string of the molecule is COc1ccc(-c2noc(-c3nnn(-c4ccccc4F)c3-c3ccccn3)n2)cc1. The van der Waals surface area contributed by atoms with Crippen LogP contribution in [-0.4, -0.2) is 37.2 Å². The second-order valence-corrected chi connectivity index (χ2v) is 6.52. The van der Waals surface area contributed by atoms with Gasteiger partial charge in [0.05, 0.1) is 12.8 Å². The van der Waals surface area contributed by atoms with Crippen LogP contribution in [0.25, 0.3) is 40.0 Å². The van der Waals surface area contributed by atoms with Crippen LogP contribution in [0, 0.1) is 5.82 Å². The fraction of sp³-hybridized carbons (Fsp3) is 0.0455. The number of nitrogens with zero attached hydrogens (tertiary/aromatic N) is 6. The molecule has 0 N–H and O–H groups in total. The maximum Gasteiger partial charge on any atom is 0.281 e. The van der Waals surface area contributed by atoms with Gasteiger partial charge in [0.15, 0.2) is 5.69 Å². The number of para-hydroxylation sites is 1. The molecule has 0 amide bonds. The highest BCUT2D eigenvalue weighted by atomic mass is 19.1. The maximum absolute atomic E-state index is 14.5. The van der Waals surface area contributed by atoms with Crippen LogP contribution in [0.15, 0.2) is 77.4 Å². The van der Waals surface area contributed by atoms with Crippen molar-refractivity contribution in [3.63, 3.8) is 0 Å². The Labute approximate surface area is 176 Å². The van der Waals surface area contributed by atoms with Gasteiger partial charge in [0.2, 0.25) is 5.82 Å². The number of rotatable bonds is 5. The maximum atomic E-state index is 14.5. The minimum absolute atomic E-state index is 0.147. The first-order valence-corrected chi connectivity index (χ1v) is 9.35. The molecule has 0 saturated carbocycles. The topological polar surface area (TPSA) is 91.8 Å². The quantitative estimate of drug-likeness (QED) is 0.426. The van der Waals surface area contributed by atoms with Crippen molar-refractivity contribution in [3.8, 4) is 45.8 Å². The molecule has 0 aliphatic heterocycles. The number of hydrogen-bond acceptors (Lipinski definition) is 7. The Bertz CT molecular complexity index is 1330. The summed E-state index contributed by atoms with van der Waals surface area (Å²) in [5.74, 6) is 0.803. The molecule has 9 heteroatoms. The molecule has 3 aromatic heterocycles. The van der Waals surface area contributed by atoms with E-state index in [1.165, 1.54) is 10.7 Å². The zero-order valence-corrected chi connectivity index (χ0v) is 16.3. The summed E-state index contributed by atoms with van der Waals surface area (Å²) in [6, 6.07) is 18.9. The Morgan fingerprint density at radius 1 is 0.968 bits per heavy atom. The number of hydrogen-bond donors (Lipinski definition) is 0. The van der Waals surface area contributed by atoms with Crippen LogP contribution >= 0.6 is 0 Å². The van der Waals surface area contributed by atoms with Crippen molar-refractivity contribution < 1.29 is 13.7 Å². The monoisotopic (exact) mass is 414 g/mol. The van der Waals surface area contributed by atoms with E-state index < -0.39 is 5.82 Å². The molecule has 0 unspecified atom stereocenters. The first-order valence-electron chi connectivity index (χ1n) is 9.35. The van der Waals surface area contributed by atoms with Gasteiger partial charge in [-0.05, 0) is 48.5 Å². The lowest BCUT2D eigenvalue weighted by molar-refractivity contribution is 0.414. The number of benzene rings is 2. The van der Waals surface area contributed by atoms with Gasteiger partial charge in [-0.2, -0.15) is 4.98 Å². The highest BCUT2D eigenvalue weighted by molar-refractivity contribution is 5.74. The minimum Gasteiger partial charge on any atom is -0.497 e. The summed E-state index contributed by atoms with van der Waals surface area (Å²) in [4.78, 5) is 8.85. The van der Waals surface area contributed by atoms with E-state index in [9.17, 15) is 4.39 Å². The molecule has 0 spiro atoms. The highest BCUT2D eigenvalue weighted by Gasteiger charge is 2.24. The van der Waals surface area contributed by atoms with E-state index in [-0.39, 0.29) is 11.6 Å². The van der Waals surface area contributed by atoms with E-state index in [0.29, 0.717) is 22.9 Å². The van der Waals surface area contributed by atoms with E-state index in [4.69, 9.17) is 9.26 Å². The molecule has 2 aromatic carbocycles. The molecule has 31 heavy (non-hydrogen) atoms. The van der Waals surface area contributed by atoms with Gasteiger partial charge < -0.3 is 9.26 Å². The lowest BCUT2D eigenvalue weighted by Gasteiger charge is -2.07. The van der Waals surface area contributed by atoms with Crippen LogP contribution in [0.4, 0.5) is 4.39 Å². The molecule has 5 rings (SSSR count). The summed E-state index contributed by atoms with van der Waals surface area (Å²) in [5.41, 5.74) is 2.26. The van der Waals surface area contributed by atoms with Crippen LogP contribution in [-0.2, 0) is 0 Å². The van der Waals surface area contributed by atoms with Crippen molar-refractivity contribution in [3.05, 3.63) is 78.7 Å². The summed E-state index contributed by atoms with van der Waals surface area (Å²) in [6.45, 7) is 0. The molecule has 3 heterocycles. The van der Waals surface area contributed by atoms with E-state index >= 15 is 0 Å². The van der Waals surface area contributed by atoms with Gasteiger partial charge in [0.1, 0.15) is 22.9 Å². The fourth-order valence-corrected chi connectivity index (χ4v) is 3.13. The van der Waals surface area contributed by atoms with Gasteiger partial charge in [-0.1, -0.05) is 28.6 Å². The number of ether oxygens (including phenoxy) is 1. The molecule has 0 aliphatic carbocycles. The van der Waals surface area contributed by atoms with E-state index in [2.05, 4.69) is 25.4 Å². The normalized spacial score (nSPS) is 10.9. The van der Waals surface area contributed by atoms with Crippen molar-refractivity contribution >= 4 is 0 Å². The van der Waals surface area contributed by atoms with E-state index in [1.54, 1.807) is 55.8 Å². The molecule has 0 fully saturated rings. The molecule has 5 aromatic rings. The lowest BCUT2D eigenvalue weighted by atomic mass is 10.2. The van der Waals surface area contributed by atoms with Crippen molar-refractivity contribution in [2.45, 2.75) is 0 Å². The van der Waals surface area contributed by atoms with Crippen LogP contribution in [0.5, 0.6) is 5.75 Å². The summed E-state index contributed by atoms with van der Waals surface area (Å²) >= 11 is 0. The molecule has 0 atom stereocenters. The molecule has 0 aliphatic rings.